The molecule has 0 unspecified atom stereocenters. The second-order valence-corrected chi connectivity index (χ2v) is 9.77. The molecule has 2 aromatic carbocycles. The molecule has 0 amide bonds. The molecule has 35 heavy (non-hydrogen) atoms. The molecule has 6 rings (SSSR count). The summed E-state index contributed by atoms with van der Waals surface area (Å²) < 4.78 is 7.35. The number of nitrogens with one attached hydrogen (secondary N) is 1. The van der Waals surface area contributed by atoms with Gasteiger partial charge in [0.2, 0.25) is 0 Å². The minimum Gasteiger partial charge on any atom is -0.497 e. The molecule has 8 nitrogen and oxygen atoms in total. The number of aromatic nitrogens is 5. The van der Waals surface area contributed by atoms with Crippen LogP contribution in [0.2, 0.25) is 0 Å². The van der Waals surface area contributed by atoms with E-state index in [1.165, 1.54) is 24.8 Å². The average molecular weight is 471 g/mol. The van der Waals surface area contributed by atoms with Crippen LogP contribution in [0.3, 0.4) is 0 Å². The van der Waals surface area contributed by atoms with Crippen molar-refractivity contribution in [1.29, 1.82) is 0 Å². The first-order chi connectivity index (χ1) is 17.1. The van der Waals surface area contributed by atoms with E-state index in [-0.39, 0.29) is 17.6 Å². The zero-order valence-corrected chi connectivity index (χ0v) is 20.1. The zero-order valence-electron chi connectivity index (χ0n) is 20.1. The maximum Gasteiger partial charge on any atom is 0.254 e. The molecule has 0 radical (unpaired) electrons. The van der Waals surface area contributed by atoms with Crippen LogP contribution in [0.4, 0.5) is 5.69 Å². The van der Waals surface area contributed by atoms with Gasteiger partial charge in [0.05, 0.1) is 18.7 Å². The Morgan fingerprint density at radius 2 is 1.91 bits per heavy atom. The Kier molecular flexibility index (Phi) is 5.51. The van der Waals surface area contributed by atoms with E-state index in [1.807, 2.05) is 28.9 Å². The van der Waals surface area contributed by atoms with Gasteiger partial charge in [0.25, 0.3) is 5.56 Å². The van der Waals surface area contributed by atoms with Crippen molar-refractivity contribution in [2.24, 2.45) is 0 Å². The number of ether oxygens (including phenoxy) is 1. The second-order valence-electron chi connectivity index (χ2n) is 9.77. The van der Waals surface area contributed by atoms with Gasteiger partial charge in [-0.15, -0.1) is 5.10 Å². The van der Waals surface area contributed by atoms with Crippen LogP contribution >= 0.6 is 0 Å². The molecule has 1 N–H and O–H groups in total. The van der Waals surface area contributed by atoms with Crippen molar-refractivity contribution >= 4 is 16.6 Å². The Hall–Kier alpha value is -3.68. The van der Waals surface area contributed by atoms with Gasteiger partial charge in [0.15, 0.2) is 5.82 Å². The van der Waals surface area contributed by atoms with Crippen LogP contribution in [-0.2, 0) is 6.42 Å². The number of H-pyrrole nitrogens is 1. The fourth-order valence-electron chi connectivity index (χ4n) is 5.89. The van der Waals surface area contributed by atoms with Crippen molar-refractivity contribution in [3.63, 3.8) is 0 Å². The van der Waals surface area contributed by atoms with Gasteiger partial charge in [-0.05, 0) is 71.8 Å². The highest BCUT2D eigenvalue weighted by atomic mass is 16.5. The summed E-state index contributed by atoms with van der Waals surface area (Å²) in [7, 11) is 1.63. The van der Waals surface area contributed by atoms with Crippen molar-refractivity contribution in [3.8, 4) is 5.75 Å². The molecule has 0 spiro atoms. The van der Waals surface area contributed by atoms with Crippen LogP contribution in [-0.4, -0.2) is 38.3 Å². The van der Waals surface area contributed by atoms with E-state index in [2.05, 4.69) is 56.6 Å². The number of pyridine rings is 1. The van der Waals surface area contributed by atoms with Gasteiger partial charge in [0.1, 0.15) is 11.8 Å². The minimum absolute atomic E-state index is 0.134. The lowest BCUT2D eigenvalue weighted by atomic mass is 9.95. The third-order valence-corrected chi connectivity index (χ3v) is 7.60. The third kappa shape index (κ3) is 3.77. The minimum atomic E-state index is -0.402. The van der Waals surface area contributed by atoms with Crippen LogP contribution in [0, 0.1) is 0 Å². The number of hydrogen-bond donors (Lipinski definition) is 1. The van der Waals surface area contributed by atoms with Crippen molar-refractivity contribution in [2.45, 2.75) is 63.6 Å². The summed E-state index contributed by atoms with van der Waals surface area (Å²) in [6.07, 6.45) is 6.64. The van der Waals surface area contributed by atoms with E-state index < -0.39 is 6.04 Å². The molecule has 1 aliphatic heterocycles. The van der Waals surface area contributed by atoms with E-state index in [0.717, 1.165) is 41.7 Å². The molecule has 8 heteroatoms. The maximum atomic E-state index is 13.6. The molecular weight excluding hydrogens is 440 g/mol. The number of para-hydroxylation sites is 1. The Balaban J connectivity index is 1.55. The van der Waals surface area contributed by atoms with Gasteiger partial charge in [0, 0.05) is 23.4 Å². The predicted octanol–water partition coefficient (Wildman–Crippen LogP) is 4.57. The average Bonchev–Trinajstić information content (AvgIpc) is 3.49. The topological polar surface area (TPSA) is 88.9 Å². The van der Waals surface area contributed by atoms with E-state index in [4.69, 9.17) is 4.74 Å². The summed E-state index contributed by atoms with van der Waals surface area (Å²) in [6.45, 7) is 2.21. The maximum absolute atomic E-state index is 13.6. The zero-order chi connectivity index (χ0) is 23.9. The van der Waals surface area contributed by atoms with E-state index >= 15 is 0 Å². The summed E-state index contributed by atoms with van der Waals surface area (Å²) >= 11 is 0. The summed E-state index contributed by atoms with van der Waals surface area (Å²) in [5.41, 5.74) is 3.68. The highest BCUT2D eigenvalue weighted by molar-refractivity contribution is 5.81. The fraction of sp³-hybridized carbons (Fsp3) is 0.407. The van der Waals surface area contributed by atoms with Gasteiger partial charge >= 0.3 is 0 Å². The molecule has 3 heterocycles. The van der Waals surface area contributed by atoms with Crippen LogP contribution in [0.25, 0.3) is 10.9 Å². The van der Waals surface area contributed by atoms with Gasteiger partial charge in [-0.25, -0.2) is 4.68 Å². The number of nitrogens with zero attached hydrogens (tertiary/aromatic N) is 5. The van der Waals surface area contributed by atoms with E-state index in [1.54, 1.807) is 7.11 Å². The summed E-state index contributed by atoms with van der Waals surface area (Å²) in [5, 5.41) is 14.1. The number of hydrogen-bond acceptors (Lipinski definition) is 6. The highest BCUT2D eigenvalue weighted by Gasteiger charge is 2.38. The quantitative estimate of drug-likeness (QED) is 0.460. The second kappa shape index (κ2) is 8.83. The number of anilines is 1. The lowest BCUT2D eigenvalue weighted by molar-refractivity contribution is 0.312. The monoisotopic (exact) mass is 470 g/mol. The Morgan fingerprint density at radius 3 is 2.74 bits per heavy atom. The molecule has 180 valence electrons. The lowest BCUT2D eigenvalue weighted by Crippen LogP contribution is -2.39. The Morgan fingerprint density at radius 1 is 1.09 bits per heavy atom. The van der Waals surface area contributed by atoms with E-state index in [9.17, 15) is 4.79 Å². The molecule has 1 saturated carbocycles. The standard InChI is InChI=1S/C27H30N6O2/c1-17-14-19-8-6-7-11-24(19)32(17)25(26-29-30-31-33(26)20-9-4-3-5-10-20)22-15-18-12-13-21(35-2)16-23(18)28-27(22)34/h6-8,11-13,15-17,20,25H,3-5,9-10,14H2,1-2H3,(H,28,34)/t17-,25+/m0/s1. The molecule has 1 fully saturated rings. The van der Waals surface area contributed by atoms with Gasteiger partial charge in [-0.3, -0.25) is 4.79 Å². The molecular formula is C27H30N6O2. The van der Waals surface area contributed by atoms with Crippen LogP contribution in [0.15, 0.2) is 53.3 Å². The lowest BCUT2D eigenvalue weighted by Gasteiger charge is -2.34. The molecule has 2 atom stereocenters. The predicted molar refractivity (Wildman–Crippen MR) is 135 cm³/mol. The summed E-state index contributed by atoms with van der Waals surface area (Å²) in [5.74, 6) is 1.44. The van der Waals surface area contributed by atoms with Crippen molar-refractivity contribution in [3.05, 3.63) is 75.8 Å². The number of rotatable bonds is 5. The first-order valence-corrected chi connectivity index (χ1v) is 12.5. The normalized spacial score (nSPS) is 19.1. The van der Waals surface area contributed by atoms with Crippen molar-refractivity contribution < 1.29 is 4.74 Å². The van der Waals surface area contributed by atoms with Crippen LogP contribution in [0.5, 0.6) is 5.75 Å². The molecule has 4 aromatic rings. The third-order valence-electron chi connectivity index (χ3n) is 7.60. The fourth-order valence-corrected chi connectivity index (χ4v) is 5.89. The van der Waals surface area contributed by atoms with Gasteiger partial charge in [-0.1, -0.05) is 37.5 Å². The SMILES string of the molecule is COc1ccc2cc([C@H](c3nnnn3C3CCCCC3)N3c4ccccc4C[C@@H]3C)c(=O)[nH]c2c1. The number of aromatic amines is 1. The van der Waals surface area contributed by atoms with Gasteiger partial charge in [-0.2, -0.15) is 0 Å². The molecule has 1 aliphatic carbocycles. The molecule has 0 saturated heterocycles. The first kappa shape index (κ1) is 21.8. The largest absolute Gasteiger partial charge is 0.497 e. The van der Waals surface area contributed by atoms with E-state index in [0.29, 0.717) is 11.3 Å². The molecule has 2 aromatic heterocycles. The highest BCUT2D eigenvalue weighted by Crippen LogP contribution is 2.41. The van der Waals surface area contributed by atoms with Crippen molar-refractivity contribution in [2.75, 3.05) is 12.0 Å². The number of fused-ring (bicyclic) bond motifs is 2. The number of tetrazole rings is 1. The summed E-state index contributed by atoms with van der Waals surface area (Å²) in [4.78, 5) is 19.1. The smallest absolute Gasteiger partial charge is 0.254 e. The van der Waals surface area contributed by atoms with Crippen LogP contribution < -0.4 is 15.2 Å². The van der Waals surface area contributed by atoms with Crippen LogP contribution in [0.1, 0.15) is 68.1 Å². The molecule has 2 aliphatic rings. The first-order valence-electron chi connectivity index (χ1n) is 12.5. The summed E-state index contributed by atoms with van der Waals surface area (Å²) in [6, 6.07) is 16.2. The Labute approximate surface area is 203 Å². The van der Waals surface area contributed by atoms with Crippen molar-refractivity contribution in [1.82, 2.24) is 25.2 Å². The number of methoxy groups -OCH3 is 1. The number of benzene rings is 2. The Bertz CT molecular complexity index is 1420. The van der Waals surface area contributed by atoms with Gasteiger partial charge < -0.3 is 14.6 Å². The molecule has 0 bridgehead atoms.